The van der Waals surface area contributed by atoms with Crippen molar-refractivity contribution < 1.29 is 9.90 Å². The highest BCUT2D eigenvalue weighted by molar-refractivity contribution is 6.30. The SMILES string of the molecule is CCN1CC[C@](O)(/C=C\c2ccc(Cl)cc2)[C@H](C(=O)/C=C/c2ccc(Cl)cc2)C1. The molecule has 0 bridgehead atoms. The van der Waals surface area contributed by atoms with Gasteiger partial charge in [-0.15, -0.1) is 0 Å². The molecule has 0 aliphatic carbocycles. The van der Waals surface area contributed by atoms with Gasteiger partial charge >= 0.3 is 0 Å². The number of allylic oxidation sites excluding steroid dienone is 1. The number of carbonyl (C=O) groups excluding carboxylic acids is 1. The molecule has 0 saturated carbocycles. The van der Waals surface area contributed by atoms with Crippen molar-refractivity contribution >= 4 is 41.1 Å². The Morgan fingerprint density at radius 1 is 1.07 bits per heavy atom. The fourth-order valence-electron chi connectivity index (χ4n) is 3.52. The number of halogens is 2. The lowest BCUT2D eigenvalue weighted by Gasteiger charge is -2.41. The quantitative estimate of drug-likeness (QED) is 0.627. The van der Waals surface area contributed by atoms with Crippen molar-refractivity contribution in [3.8, 4) is 0 Å². The maximum absolute atomic E-state index is 13.0. The van der Waals surface area contributed by atoms with Gasteiger partial charge in [-0.1, -0.05) is 72.6 Å². The summed E-state index contributed by atoms with van der Waals surface area (Å²) in [6, 6.07) is 14.7. The van der Waals surface area contributed by atoms with E-state index in [2.05, 4.69) is 11.8 Å². The molecule has 2 aromatic rings. The van der Waals surface area contributed by atoms with E-state index in [0.29, 0.717) is 23.0 Å². The van der Waals surface area contributed by atoms with Gasteiger partial charge < -0.3 is 10.0 Å². The van der Waals surface area contributed by atoms with Crippen LogP contribution in [0.25, 0.3) is 12.2 Å². The van der Waals surface area contributed by atoms with Crippen molar-refractivity contribution in [2.45, 2.75) is 18.9 Å². The van der Waals surface area contributed by atoms with Gasteiger partial charge in [-0.05, 0) is 54.4 Å². The molecular weight excluding hydrogens is 405 g/mol. The summed E-state index contributed by atoms with van der Waals surface area (Å²) >= 11 is 11.9. The van der Waals surface area contributed by atoms with E-state index in [-0.39, 0.29) is 5.78 Å². The van der Waals surface area contributed by atoms with Crippen LogP contribution in [0.3, 0.4) is 0 Å². The molecule has 3 rings (SSSR count). The standard InChI is InChI=1S/C24H25Cl2NO2/c1-2-27-16-15-24(29,14-13-19-5-10-21(26)11-6-19)22(17-27)23(28)12-7-18-3-8-20(25)9-4-18/h3-14,22,29H,2,15-17H2,1H3/b12-7+,14-13-/t22-,24+/m0/s1. The minimum absolute atomic E-state index is 0.0821. The first-order chi connectivity index (χ1) is 13.9. The summed E-state index contributed by atoms with van der Waals surface area (Å²) in [6.45, 7) is 4.20. The lowest BCUT2D eigenvalue weighted by molar-refractivity contribution is -0.129. The molecule has 0 amide bonds. The third-order valence-electron chi connectivity index (χ3n) is 5.41. The average Bonchev–Trinajstić information content (AvgIpc) is 2.73. The van der Waals surface area contributed by atoms with Gasteiger partial charge in [0.05, 0.1) is 11.5 Å². The van der Waals surface area contributed by atoms with Gasteiger partial charge in [-0.2, -0.15) is 0 Å². The average molecular weight is 430 g/mol. The number of likely N-dealkylation sites (tertiary alicyclic amines) is 1. The van der Waals surface area contributed by atoms with Crippen LogP contribution in [-0.2, 0) is 4.79 Å². The molecule has 0 spiro atoms. The molecule has 5 heteroatoms. The molecule has 1 saturated heterocycles. The Morgan fingerprint density at radius 2 is 1.62 bits per heavy atom. The zero-order valence-corrected chi connectivity index (χ0v) is 17.9. The molecule has 0 aromatic heterocycles. The summed E-state index contributed by atoms with van der Waals surface area (Å²) in [6.07, 6.45) is 7.47. The number of nitrogens with zero attached hydrogens (tertiary/aromatic N) is 1. The Hall–Kier alpha value is -1.91. The number of benzene rings is 2. The number of aliphatic hydroxyl groups is 1. The van der Waals surface area contributed by atoms with Gasteiger partial charge in [0.1, 0.15) is 0 Å². The Balaban J connectivity index is 1.81. The predicted octanol–water partition coefficient (Wildman–Crippen LogP) is 5.36. The molecule has 0 radical (unpaired) electrons. The summed E-state index contributed by atoms with van der Waals surface area (Å²) in [7, 11) is 0. The minimum Gasteiger partial charge on any atom is -0.385 e. The van der Waals surface area contributed by atoms with E-state index in [0.717, 1.165) is 24.2 Å². The van der Waals surface area contributed by atoms with Crippen LogP contribution in [0.1, 0.15) is 24.5 Å². The predicted molar refractivity (Wildman–Crippen MR) is 121 cm³/mol. The Bertz CT molecular complexity index is 890. The molecule has 1 heterocycles. The van der Waals surface area contributed by atoms with Crippen LogP contribution < -0.4 is 0 Å². The summed E-state index contributed by atoms with van der Waals surface area (Å²) in [5.41, 5.74) is 0.641. The number of piperidine rings is 1. The molecule has 152 valence electrons. The third-order valence-corrected chi connectivity index (χ3v) is 5.91. The summed E-state index contributed by atoms with van der Waals surface area (Å²) < 4.78 is 0. The second-order valence-corrected chi connectivity index (χ2v) is 8.23. The van der Waals surface area contributed by atoms with Gasteiger partial charge in [0.15, 0.2) is 5.78 Å². The van der Waals surface area contributed by atoms with E-state index in [1.807, 2.05) is 42.5 Å². The van der Waals surface area contributed by atoms with Gasteiger partial charge in [0, 0.05) is 23.1 Å². The van der Waals surface area contributed by atoms with Crippen molar-refractivity contribution in [1.29, 1.82) is 0 Å². The van der Waals surface area contributed by atoms with Gasteiger partial charge in [-0.3, -0.25) is 4.79 Å². The number of hydrogen-bond donors (Lipinski definition) is 1. The maximum atomic E-state index is 13.0. The fourth-order valence-corrected chi connectivity index (χ4v) is 3.78. The topological polar surface area (TPSA) is 40.5 Å². The van der Waals surface area contributed by atoms with Crippen molar-refractivity contribution in [3.05, 3.63) is 81.9 Å². The lowest BCUT2D eigenvalue weighted by atomic mass is 9.77. The van der Waals surface area contributed by atoms with Crippen LogP contribution in [0.15, 0.2) is 60.7 Å². The molecule has 3 nitrogen and oxygen atoms in total. The van der Waals surface area contributed by atoms with Crippen LogP contribution in [0.5, 0.6) is 0 Å². The Labute approximate surface area is 182 Å². The Kier molecular flexibility index (Phi) is 7.31. The van der Waals surface area contributed by atoms with Crippen LogP contribution in [0, 0.1) is 5.92 Å². The van der Waals surface area contributed by atoms with E-state index in [4.69, 9.17) is 23.2 Å². The normalized spacial score (nSPS) is 23.1. The minimum atomic E-state index is -1.19. The van der Waals surface area contributed by atoms with Crippen LogP contribution in [0.4, 0.5) is 0 Å². The fraction of sp³-hybridized carbons (Fsp3) is 0.292. The molecule has 1 aliphatic heterocycles. The molecule has 2 atom stereocenters. The summed E-state index contributed by atoms with van der Waals surface area (Å²) in [4.78, 5) is 15.2. The highest BCUT2D eigenvalue weighted by Crippen LogP contribution is 2.31. The van der Waals surface area contributed by atoms with Crippen LogP contribution >= 0.6 is 23.2 Å². The number of rotatable bonds is 6. The van der Waals surface area contributed by atoms with Crippen LogP contribution in [-0.4, -0.2) is 41.0 Å². The van der Waals surface area contributed by atoms with Crippen molar-refractivity contribution in [3.63, 3.8) is 0 Å². The highest BCUT2D eigenvalue weighted by atomic mass is 35.5. The number of carbonyl (C=O) groups is 1. The van der Waals surface area contributed by atoms with Gasteiger partial charge in [0.25, 0.3) is 0 Å². The maximum Gasteiger partial charge on any atom is 0.163 e. The largest absolute Gasteiger partial charge is 0.385 e. The van der Waals surface area contributed by atoms with E-state index in [1.165, 1.54) is 0 Å². The van der Waals surface area contributed by atoms with E-state index in [9.17, 15) is 9.90 Å². The third kappa shape index (κ3) is 5.80. The molecule has 0 unspecified atom stereocenters. The van der Waals surface area contributed by atoms with Crippen LogP contribution in [0.2, 0.25) is 10.0 Å². The zero-order valence-electron chi connectivity index (χ0n) is 16.4. The second-order valence-electron chi connectivity index (χ2n) is 7.36. The number of hydrogen-bond acceptors (Lipinski definition) is 3. The molecule has 1 fully saturated rings. The van der Waals surface area contributed by atoms with Crippen molar-refractivity contribution in [2.75, 3.05) is 19.6 Å². The number of ketones is 1. The zero-order chi connectivity index (χ0) is 20.9. The molecule has 1 N–H and O–H groups in total. The highest BCUT2D eigenvalue weighted by Gasteiger charge is 2.42. The van der Waals surface area contributed by atoms with E-state index in [1.54, 1.807) is 30.4 Å². The van der Waals surface area contributed by atoms with Crippen molar-refractivity contribution in [2.24, 2.45) is 5.92 Å². The smallest absolute Gasteiger partial charge is 0.163 e. The first kappa shape index (κ1) is 21.8. The monoisotopic (exact) mass is 429 g/mol. The first-order valence-corrected chi connectivity index (χ1v) is 10.5. The second kappa shape index (κ2) is 9.73. The van der Waals surface area contributed by atoms with Crippen molar-refractivity contribution in [1.82, 2.24) is 4.90 Å². The van der Waals surface area contributed by atoms with E-state index >= 15 is 0 Å². The first-order valence-electron chi connectivity index (χ1n) is 9.76. The van der Waals surface area contributed by atoms with Gasteiger partial charge in [0.2, 0.25) is 0 Å². The molecule has 2 aromatic carbocycles. The molecule has 1 aliphatic rings. The molecular formula is C24H25Cl2NO2. The lowest BCUT2D eigenvalue weighted by Crippen LogP contribution is -2.53. The Morgan fingerprint density at radius 3 is 2.17 bits per heavy atom. The van der Waals surface area contributed by atoms with Gasteiger partial charge in [-0.25, -0.2) is 0 Å². The molecule has 29 heavy (non-hydrogen) atoms. The van der Waals surface area contributed by atoms with E-state index < -0.39 is 11.5 Å². The summed E-state index contributed by atoms with van der Waals surface area (Å²) in [5.74, 6) is -0.607. The summed E-state index contributed by atoms with van der Waals surface area (Å²) in [5, 5.41) is 12.7.